The SMILES string of the molecule is CC.CC(C)C.CCC(=O)c1cc(C(C)(C)NC(=O)OC(C)(C)C)cc(-c2ccc(F)cc2)n1. The summed E-state index contributed by atoms with van der Waals surface area (Å²) in [5, 5.41) is 2.84. The minimum atomic E-state index is -0.817. The van der Waals surface area contributed by atoms with Gasteiger partial charge in [0.2, 0.25) is 0 Å². The Kier molecular flexibility index (Phi) is 12.7. The summed E-state index contributed by atoms with van der Waals surface area (Å²) >= 11 is 0. The molecule has 0 saturated carbocycles. The van der Waals surface area contributed by atoms with Gasteiger partial charge in [-0.25, -0.2) is 14.2 Å². The van der Waals surface area contributed by atoms with Crippen LogP contribution in [0, 0.1) is 11.7 Å². The Labute approximate surface area is 205 Å². The van der Waals surface area contributed by atoms with Gasteiger partial charge in [0.25, 0.3) is 0 Å². The largest absolute Gasteiger partial charge is 0.444 e. The number of carbonyl (C=O) groups is 2. The topological polar surface area (TPSA) is 68.3 Å². The van der Waals surface area contributed by atoms with Gasteiger partial charge in [-0.15, -0.1) is 0 Å². The molecule has 2 aromatic rings. The number of alkyl carbamates (subject to hydrolysis) is 1. The highest BCUT2D eigenvalue weighted by molar-refractivity contribution is 5.94. The summed E-state index contributed by atoms with van der Waals surface area (Å²) in [6.07, 6.45) is -0.250. The molecule has 1 N–H and O–H groups in total. The number of carbonyl (C=O) groups excluding carboxylic acids is 2. The van der Waals surface area contributed by atoms with E-state index in [0.717, 1.165) is 5.92 Å². The number of nitrogens with zero attached hydrogens (tertiary/aromatic N) is 1. The summed E-state index contributed by atoms with van der Waals surface area (Å²) in [6.45, 7) is 21.3. The molecule has 2 rings (SSSR count). The van der Waals surface area contributed by atoms with Crippen LogP contribution in [0.15, 0.2) is 36.4 Å². The lowest BCUT2D eigenvalue weighted by molar-refractivity contribution is 0.0470. The number of ether oxygens (including phenoxy) is 1. The fourth-order valence-electron chi connectivity index (χ4n) is 2.61. The van der Waals surface area contributed by atoms with Crippen LogP contribution in [0.1, 0.15) is 98.6 Å². The highest BCUT2D eigenvalue weighted by Gasteiger charge is 2.28. The fraction of sp³-hybridized carbons (Fsp3) is 0.536. The molecule has 190 valence electrons. The lowest BCUT2D eigenvalue weighted by Crippen LogP contribution is -2.44. The number of nitrogens with one attached hydrogen (secondary N) is 1. The van der Waals surface area contributed by atoms with Gasteiger partial charge in [0.1, 0.15) is 17.1 Å². The number of halogens is 1. The Balaban J connectivity index is 0.00000164. The van der Waals surface area contributed by atoms with Crippen molar-refractivity contribution in [3.8, 4) is 11.3 Å². The van der Waals surface area contributed by atoms with Crippen molar-refractivity contribution in [2.75, 3.05) is 0 Å². The zero-order valence-electron chi connectivity index (χ0n) is 22.8. The smallest absolute Gasteiger partial charge is 0.408 e. The lowest BCUT2D eigenvalue weighted by atomic mass is 9.92. The molecule has 0 fully saturated rings. The maximum absolute atomic E-state index is 13.3. The Morgan fingerprint density at radius 2 is 1.50 bits per heavy atom. The van der Waals surface area contributed by atoms with Gasteiger partial charge < -0.3 is 10.1 Å². The highest BCUT2D eigenvalue weighted by Crippen LogP contribution is 2.27. The van der Waals surface area contributed by atoms with Crippen molar-refractivity contribution in [1.82, 2.24) is 10.3 Å². The molecule has 0 spiro atoms. The van der Waals surface area contributed by atoms with Gasteiger partial charge in [0.05, 0.1) is 11.2 Å². The third-order valence-corrected chi connectivity index (χ3v) is 4.11. The normalized spacial score (nSPS) is 11.0. The molecule has 0 atom stereocenters. The molecule has 0 unspecified atom stereocenters. The molecule has 1 heterocycles. The summed E-state index contributed by atoms with van der Waals surface area (Å²) in [4.78, 5) is 29.0. The second kappa shape index (κ2) is 13.8. The maximum atomic E-state index is 13.3. The van der Waals surface area contributed by atoms with Gasteiger partial charge in [-0.1, -0.05) is 41.5 Å². The summed E-state index contributed by atoms with van der Waals surface area (Å²) in [5.41, 5.74) is 0.779. The Hall–Kier alpha value is -2.76. The quantitative estimate of drug-likeness (QED) is 0.447. The van der Waals surface area contributed by atoms with Crippen molar-refractivity contribution in [3.63, 3.8) is 0 Å². The number of pyridine rings is 1. The van der Waals surface area contributed by atoms with E-state index in [1.165, 1.54) is 12.1 Å². The first kappa shape index (κ1) is 31.2. The first-order valence-corrected chi connectivity index (χ1v) is 12.0. The van der Waals surface area contributed by atoms with Crippen LogP contribution in [0.5, 0.6) is 0 Å². The summed E-state index contributed by atoms with van der Waals surface area (Å²) in [6, 6.07) is 9.36. The average Bonchev–Trinajstić information content (AvgIpc) is 2.72. The number of amides is 1. The van der Waals surface area contributed by atoms with Crippen LogP contribution in [-0.2, 0) is 10.3 Å². The zero-order valence-corrected chi connectivity index (χ0v) is 22.8. The van der Waals surface area contributed by atoms with Gasteiger partial charge in [-0.2, -0.15) is 0 Å². The van der Waals surface area contributed by atoms with E-state index in [2.05, 4.69) is 31.1 Å². The molecule has 0 radical (unpaired) electrons. The predicted molar refractivity (Wildman–Crippen MR) is 139 cm³/mol. The Bertz CT molecular complexity index is 911. The Morgan fingerprint density at radius 1 is 1.00 bits per heavy atom. The molecular weight excluding hydrogens is 431 g/mol. The van der Waals surface area contributed by atoms with E-state index in [9.17, 15) is 14.0 Å². The first-order chi connectivity index (χ1) is 15.6. The molecule has 0 saturated heterocycles. The predicted octanol–water partition coefficient (Wildman–Crippen LogP) is 7.93. The standard InChI is InChI=1S/C22H27FN2O3.C4H10.C2H6/c1-7-19(26)18-13-15(22(5,6)25-20(27)28-21(2,3)4)12-17(24-18)14-8-10-16(23)11-9-14;1-4(2)3;1-2/h8-13H,7H2,1-6H3,(H,25,27);4H,1-3H3;1-2H3. The molecule has 1 amide bonds. The third-order valence-electron chi connectivity index (χ3n) is 4.11. The van der Waals surface area contributed by atoms with Crippen molar-refractivity contribution in [2.45, 2.75) is 93.7 Å². The first-order valence-electron chi connectivity index (χ1n) is 12.0. The van der Waals surface area contributed by atoms with Gasteiger partial charge in [0.15, 0.2) is 5.78 Å². The zero-order chi connectivity index (χ0) is 26.7. The summed E-state index contributed by atoms with van der Waals surface area (Å²) in [7, 11) is 0. The van der Waals surface area contributed by atoms with Crippen LogP contribution in [0.25, 0.3) is 11.3 Å². The second-order valence-corrected chi connectivity index (χ2v) is 9.89. The van der Waals surface area contributed by atoms with E-state index < -0.39 is 17.2 Å². The van der Waals surface area contributed by atoms with Crippen molar-refractivity contribution < 1.29 is 18.7 Å². The van der Waals surface area contributed by atoms with Crippen LogP contribution < -0.4 is 5.32 Å². The molecule has 1 aromatic heterocycles. The lowest BCUT2D eigenvalue weighted by Gasteiger charge is -2.29. The molecule has 5 nitrogen and oxygen atoms in total. The van der Waals surface area contributed by atoms with Crippen molar-refractivity contribution in [3.05, 3.63) is 53.5 Å². The van der Waals surface area contributed by atoms with Gasteiger partial charge >= 0.3 is 6.09 Å². The molecule has 0 aliphatic carbocycles. The highest BCUT2D eigenvalue weighted by atomic mass is 19.1. The number of aromatic nitrogens is 1. The monoisotopic (exact) mass is 474 g/mol. The van der Waals surface area contributed by atoms with Crippen molar-refractivity contribution >= 4 is 11.9 Å². The van der Waals surface area contributed by atoms with E-state index in [1.807, 2.05) is 27.7 Å². The van der Waals surface area contributed by atoms with Crippen LogP contribution >= 0.6 is 0 Å². The van der Waals surface area contributed by atoms with Crippen LogP contribution in [0.3, 0.4) is 0 Å². The number of hydrogen-bond donors (Lipinski definition) is 1. The van der Waals surface area contributed by atoms with E-state index in [4.69, 9.17) is 4.74 Å². The summed E-state index contributed by atoms with van der Waals surface area (Å²) in [5.74, 6) is 0.370. The van der Waals surface area contributed by atoms with Crippen LogP contribution in [0.4, 0.5) is 9.18 Å². The van der Waals surface area contributed by atoms with E-state index in [0.29, 0.717) is 28.9 Å². The van der Waals surface area contributed by atoms with Gasteiger partial charge in [-0.05, 0) is 82.5 Å². The molecule has 1 aromatic carbocycles. The van der Waals surface area contributed by atoms with E-state index in [1.54, 1.807) is 52.0 Å². The number of benzene rings is 1. The molecular formula is C28H43FN2O3. The minimum Gasteiger partial charge on any atom is -0.444 e. The maximum Gasteiger partial charge on any atom is 0.408 e. The summed E-state index contributed by atoms with van der Waals surface area (Å²) < 4.78 is 18.6. The fourth-order valence-corrected chi connectivity index (χ4v) is 2.61. The minimum absolute atomic E-state index is 0.113. The van der Waals surface area contributed by atoms with Crippen LogP contribution in [-0.4, -0.2) is 22.5 Å². The van der Waals surface area contributed by atoms with Gasteiger partial charge in [-0.3, -0.25) is 4.79 Å². The average molecular weight is 475 g/mol. The van der Waals surface area contributed by atoms with Crippen LogP contribution in [0.2, 0.25) is 0 Å². The molecule has 0 aliphatic rings. The van der Waals surface area contributed by atoms with Crippen molar-refractivity contribution in [2.24, 2.45) is 5.92 Å². The number of hydrogen-bond acceptors (Lipinski definition) is 4. The molecule has 0 bridgehead atoms. The second-order valence-electron chi connectivity index (χ2n) is 9.89. The van der Waals surface area contributed by atoms with Gasteiger partial charge in [0, 0.05) is 12.0 Å². The molecule has 34 heavy (non-hydrogen) atoms. The van der Waals surface area contributed by atoms with Crippen molar-refractivity contribution in [1.29, 1.82) is 0 Å². The Morgan fingerprint density at radius 3 is 1.94 bits per heavy atom. The third kappa shape index (κ3) is 11.4. The molecule has 0 aliphatic heterocycles. The number of Topliss-reactive ketones (excluding diaryl/α,β-unsaturated/α-hetero) is 1. The van der Waals surface area contributed by atoms with E-state index in [-0.39, 0.29) is 11.6 Å². The number of ketones is 1. The molecule has 6 heteroatoms. The number of rotatable bonds is 5. The van der Waals surface area contributed by atoms with E-state index >= 15 is 0 Å².